The fourth-order valence-corrected chi connectivity index (χ4v) is 2.30. The van der Waals surface area contributed by atoms with Crippen molar-refractivity contribution >= 4 is 21.9 Å². The Hall–Kier alpha value is -2.89. The second-order valence-corrected chi connectivity index (χ2v) is 4.42. The Morgan fingerprint density at radius 1 is 1.05 bits per heavy atom. The zero-order valence-electron chi connectivity index (χ0n) is 11.3. The normalized spacial score (nSPS) is 11.0. The van der Waals surface area contributed by atoms with E-state index in [1.54, 1.807) is 0 Å². The first-order valence-corrected chi connectivity index (χ1v) is 6.11. The van der Waals surface area contributed by atoms with Crippen LogP contribution in [-0.4, -0.2) is 24.4 Å². The number of ether oxygens (including phenoxy) is 2. The third kappa shape index (κ3) is 1.76. The van der Waals surface area contributed by atoms with Gasteiger partial charge in [0.25, 0.3) is 0 Å². The standard InChI is InChI=1S/C15H12O6/c1-19-10-5-3-7-12(17)11-9(21-14(7)13(10)18)6-4-8(16)15(11)20-2/h3-6,16,18H,1-2H3. The summed E-state index contributed by atoms with van der Waals surface area (Å²) in [6.07, 6.45) is 0. The molecule has 0 atom stereocenters. The van der Waals surface area contributed by atoms with Gasteiger partial charge in [-0.15, -0.1) is 0 Å². The molecule has 0 spiro atoms. The molecule has 0 aliphatic rings. The van der Waals surface area contributed by atoms with Crippen LogP contribution in [0.1, 0.15) is 0 Å². The molecule has 0 fully saturated rings. The Bertz CT molecular complexity index is 910. The fraction of sp³-hybridized carbons (Fsp3) is 0.133. The van der Waals surface area contributed by atoms with E-state index in [0.717, 1.165) is 0 Å². The van der Waals surface area contributed by atoms with E-state index in [1.165, 1.54) is 38.5 Å². The van der Waals surface area contributed by atoms with Crippen LogP contribution in [0.3, 0.4) is 0 Å². The van der Waals surface area contributed by atoms with Crippen molar-refractivity contribution in [1.82, 2.24) is 0 Å². The average Bonchev–Trinajstić information content (AvgIpc) is 2.49. The van der Waals surface area contributed by atoms with E-state index in [2.05, 4.69) is 0 Å². The Morgan fingerprint density at radius 3 is 2.48 bits per heavy atom. The van der Waals surface area contributed by atoms with Crippen molar-refractivity contribution in [2.24, 2.45) is 0 Å². The van der Waals surface area contributed by atoms with E-state index in [-0.39, 0.29) is 44.9 Å². The highest BCUT2D eigenvalue weighted by molar-refractivity contribution is 5.97. The maximum Gasteiger partial charge on any atom is 0.204 e. The zero-order chi connectivity index (χ0) is 15.1. The number of aromatic hydroxyl groups is 2. The summed E-state index contributed by atoms with van der Waals surface area (Å²) in [7, 11) is 2.75. The molecule has 0 saturated carbocycles. The fourth-order valence-electron chi connectivity index (χ4n) is 2.30. The van der Waals surface area contributed by atoms with Crippen molar-refractivity contribution in [3.05, 3.63) is 34.5 Å². The van der Waals surface area contributed by atoms with Crippen LogP contribution in [0, 0.1) is 0 Å². The Labute approximate surface area is 118 Å². The molecule has 0 amide bonds. The summed E-state index contributed by atoms with van der Waals surface area (Å²) in [5.41, 5.74) is -0.178. The van der Waals surface area contributed by atoms with Gasteiger partial charge in [0, 0.05) is 0 Å². The topological polar surface area (TPSA) is 89.1 Å². The molecule has 2 N–H and O–H groups in total. The number of hydrogen-bond donors (Lipinski definition) is 2. The Kier molecular flexibility index (Phi) is 2.86. The first-order valence-electron chi connectivity index (χ1n) is 6.11. The zero-order valence-corrected chi connectivity index (χ0v) is 11.3. The summed E-state index contributed by atoms with van der Waals surface area (Å²) in [4.78, 5) is 12.6. The van der Waals surface area contributed by atoms with Crippen LogP contribution in [-0.2, 0) is 0 Å². The van der Waals surface area contributed by atoms with Crippen LogP contribution in [0.4, 0.5) is 0 Å². The van der Waals surface area contributed by atoms with Gasteiger partial charge in [-0.25, -0.2) is 0 Å². The lowest BCUT2D eigenvalue weighted by Crippen LogP contribution is -2.04. The van der Waals surface area contributed by atoms with Gasteiger partial charge < -0.3 is 24.1 Å². The molecule has 1 aromatic heterocycles. The van der Waals surface area contributed by atoms with Gasteiger partial charge in [0.2, 0.25) is 11.2 Å². The highest BCUT2D eigenvalue weighted by Crippen LogP contribution is 2.38. The van der Waals surface area contributed by atoms with Crippen molar-refractivity contribution < 1.29 is 24.1 Å². The summed E-state index contributed by atoms with van der Waals surface area (Å²) in [6, 6.07) is 5.75. The summed E-state index contributed by atoms with van der Waals surface area (Å²) in [5, 5.41) is 20.1. The highest BCUT2D eigenvalue weighted by Gasteiger charge is 2.18. The SMILES string of the molecule is COc1ccc2c(=O)c3c(OC)c(O)ccc3oc2c1O. The predicted octanol–water partition coefficient (Wildman–Crippen LogP) is 2.37. The first kappa shape index (κ1) is 13.1. The molecule has 3 rings (SSSR count). The third-order valence-electron chi connectivity index (χ3n) is 3.30. The van der Waals surface area contributed by atoms with Gasteiger partial charge in [0.05, 0.1) is 19.6 Å². The molecule has 0 bridgehead atoms. The Balaban J connectivity index is 2.55. The summed E-state index contributed by atoms with van der Waals surface area (Å²) in [5.74, 6) is -0.162. The van der Waals surface area contributed by atoms with Crippen molar-refractivity contribution in [2.45, 2.75) is 0 Å². The van der Waals surface area contributed by atoms with Crippen molar-refractivity contribution in [2.75, 3.05) is 14.2 Å². The van der Waals surface area contributed by atoms with Gasteiger partial charge in [0.15, 0.2) is 22.8 Å². The lowest BCUT2D eigenvalue weighted by molar-refractivity contribution is 0.371. The van der Waals surface area contributed by atoms with Crippen LogP contribution in [0.25, 0.3) is 21.9 Å². The lowest BCUT2D eigenvalue weighted by Gasteiger charge is -2.09. The second-order valence-electron chi connectivity index (χ2n) is 4.42. The van der Waals surface area contributed by atoms with E-state index in [4.69, 9.17) is 13.9 Å². The third-order valence-corrected chi connectivity index (χ3v) is 3.30. The summed E-state index contributed by atoms with van der Waals surface area (Å²) >= 11 is 0. The molecular weight excluding hydrogens is 276 g/mol. The molecule has 1 heterocycles. The van der Waals surface area contributed by atoms with Crippen LogP contribution in [0.5, 0.6) is 23.0 Å². The summed E-state index contributed by atoms with van der Waals surface area (Å²) < 4.78 is 15.6. The molecule has 0 radical (unpaired) electrons. The van der Waals surface area contributed by atoms with Crippen molar-refractivity contribution in [3.63, 3.8) is 0 Å². The van der Waals surface area contributed by atoms with Gasteiger partial charge in [-0.1, -0.05) is 0 Å². The smallest absolute Gasteiger partial charge is 0.204 e. The molecule has 6 nitrogen and oxygen atoms in total. The minimum Gasteiger partial charge on any atom is -0.504 e. The van der Waals surface area contributed by atoms with Gasteiger partial charge >= 0.3 is 0 Å². The molecule has 21 heavy (non-hydrogen) atoms. The molecular formula is C15H12O6. The number of phenols is 2. The minimum atomic E-state index is -0.406. The monoisotopic (exact) mass is 288 g/mol. The number of rotatable bonds is 2. The molecule has 0 unspecified atom stereocenters. The van der Waals surface area contributed by atoms with E-state index < -0.39 is 5.43 Å². The number of benzene rings is 2. The number of methoxy groups -OCH3 is 2. The molecule has 0 aliphatic heterocycles. The van der Waals surface area contributed by atoms with Crippen LogP contribution < -0.4 is 14.9 Å². The van der Waals surface area contributed by atoms with Crippen molar-refractivity contribution in [1.29, 1.82) is 0 Å². The Morgan fingerprint density at radius 2 is 1.81 bits per heavy atom. The van der Waals surface area contributed by atoms with E-state index in [1.807, 2.05) is 0 Å². The number of hydrogen-bond acceptors (Lipinski definition) is 6. The lowest BCUT2D eigenvalue weighted by atomic mass is 10.1. The molecule has 2 aromatic carbocycles. The second kappa shape index (κ2) is 4.59. The minimum absolute atomic E-state index is 0.0274. The average molecular weight is 288 g/mol. The van der Waals surface area contributed by atoms with E-state index in [9.17, 15) is 15.0 Å². The molecule has 0 saturated heterocycles. The molecule has 6 heteroatoms. The van der Waals surface area contributed by atoms with Gasteiger partial charge in [-0.2, -0.15) is 0 Å². The predicted molar refractivity (Wildman–Crippen MR) is 76.4 cm³/mol. The van der Waals surface area contributed by atoms with E-state index >= 15 is 0 Å². The quantitative estimate of drug-likeness (QED) is 0.704. The maximum absolute atomic E-state index is 12.6. The molecule has 3 aromatic rings. The maximum atomic E-state index is 12.6. The highest BCUT2D eigenvalue weighted by atomic mass is 16.5. The largest absolute Gasteiger partial charge is 0.504 e. The number of phenolic OH excluding ortho intramolecular Hbond substituents is 2. The van der Waals surface area contributed by atoms with Crippen LogP contribution in [0.15, 0.2) is 33.5 Å². The van der Waals surface area contributed by atoms with Gasteiger partial charge in [-0.05, 0) is 24.3 Å². The summed E-state index contributed by atoms with van der Waals surface area (Å²) in [6.45, 7) is 0. The van der Waals surface area contributed by atoms with Crippen molar-refractivity contribution in [3.8, 4) is 23.0 Å². The van der Waals surface area contributed by atoms with E-state index in [0.29, 0.717) is 0 Å². The van der Waals surface area contributed by atoms with Crippen LogP contribution in [0.2, 0.25) is 0 Å². The first-order chi connectivity index (χ1) is 10.1. The molecule has 108 valence electrons. The van der Waals surface area contributed by atoms with Gasteiger partial charge in [0.1, 0.15) is 11.0 Å². The molecule has 0 aliphatic carbocycles. The van der Waals surface area contributed by atoms with Crippen LogP contribution >= 0.6 is 0 Å². The number of fused-ring (bicyclic) bond motifs is 2. The van der Waals surface area contributed by atoms with Gasteiger partial charge in [-0.3, -0.25) is 4.79 Å².